The number of hydrogen-bond donors (Lipinski definition) is 0. The van der Waals surface area contributed by atoms with Gasteiger partial charge < -0.3 is 0 Å². The van der Waals surface area contributed by atoms with Crippen LogP contribution in [-0.2, 0) is 0 Å². The van der Waals surface area contributed by atoms with Crippen LogP contribution in [0.3, 0.4) is 0 Å². The third-order valence-corrected chi connectivity index (χ3v) is 9.21. The summed E-state index contributed by atoms with van der Waals surface area (Å²) in [6.07, 6.45) is 0. The average molecular weight is 647 g/mol. The highest BCUT2D eigenvalue weighted by Crippen LogP contribution is 2.33. The molecule has 0 spiro atoms. The second-order valence-electron chi connectivity index (χ2n) is 11.5. The quantitative estimate of drug-likeness (QED) is 0.164. The summed E-state index contributed by atoms with van der Waals surface area (Å²) in [5, 5.41) is 0. The Morgan fingerprint density at radius 3 is 0.796 bits per heavy atom. The van der Waals surface area contributed by atoms with Crippen LogP contribution in [0.2, 0.25) is 0 Å². The zero-order chi connectivity index (χ0) is 32.8. The zero-order valence-electron chi connectivity index (χ0n) is 26.5. The van der Waals surface area contributed by atoms with Crippen LogP contribution in [-0.4, -0.2) is 19.9 Å². The molecule has 0 saturated heterocycles. The van der Waals surface area contributed by atoms with Crippen LogP contribution < -0.4 is 0 Å². The van der Waals surface area contributed by atoms with Crippen LogP contribution in [0.4, 0.5) is 0 Å². The van der Waals surface area contributed by atoms with Gasteiger partial charge in [0.1, 0.15) is 0 Å². The van der Waals surface area contributed by atoms with E-state index in [0.717, 1.165) is 65.9 Å². The summed E-state index contributed by atoms with van der Waals surface area (Å²) in [4.78, 5) is 22.2. The molecule has 0 radical (unpaired) electrons. The summed E-state index contributed by atoms with van der Waals surface area (Å²) in [5.41, 5.74) is 9.79. The van der Waals surface area contributed by atoms with Crippen molar-refractivity contribution in [3.8, 4) is 67.8 Å². The first kappa shape index (κ1) is 30.2. The van der Waals surface area contributed by atoms with Gasteiger partial charge in [0.25, 0.3) is 0 Å². The van der Waals surface area contributed by atoms with Crippen LogP contribution in [0.25, 0.3) is 67.8 Å². The molecule has 0 aliphatic heterocycles. The van der Waals surface area contributed by atoms with E-state index in [2.05, 4.69) is 109 Å². The van der Waals surface area contributed by atoms with Gasteiger partial charge in [-0.15, -0.1) is 0 Å². The molecule has 0 atom stereocenters. The fourth-order valence-corrected chi connectivity index (χ4v) is 6.48. The fourth-order valence-electron chi connectivity index (χ4n) is 5.66. The van der Waals surface area contributed by atoms with E-state index in [1.165, 1.54) is 0 Å². The van der Waals surface area contributed by atoms with Crippen LogP contribution in [0.1, 0.15) is 0 Å². The molecule has 8 rings (SSSR count). The normalized spacial score (nSPS) is 10.9. The van der Waals surface area contributed by atoms with Gasteiger partial charge in [-0.1, -0.05) is 157 Å². The third-order valence-electron chi connectivity index (χ3n) is 8.19. The van der Waals surface area contributed by atoms with Crippen molar-refractivity contribution in [2.24, 2.45) is 0 Å². The van der Waals surface area contributed by atoms with E-state index in [1.807, 2.05) is 72.8 Å². The van der Waals surface area contributed by atoms with Crippen molar-refractivity contribution in [2.45, 2.75) is 9.79 Å². The Kier molecular flexibility index (Phi) is 8.56. The molecular formula is C44H30N4S. The Morgan fingerprint density at radius 1 is 0.265 bits per heavy atom. The summed E-state index contributed by atoms with van der Waals surface area (Å²) < 4.78 is 0. The highest BCUT2D eigenvalue weighted by Gasteiger charge is 2.13. The fraction of sp³-hybridized carbons (Fsp3) is 0. The van der Waals surface area contributed by atoms with Gasteiger partial charge in [0.2, 0.25) is 0 Å². The number of benzene rings is 6. The minimum atomic E-state index is 0.703. The van der Waals surface area contributed by atoms with E-state index in [-0.39, 0.29) is 0 Å². The standard InChI is InChI=1S/C44H30N4S/c1-5-13-31(14-6-1)39-29-40(32-15-7-2-8-16-32)46-43(45-39)35-21-25-37(26-22-35)49-38-27-23-36(24-28-38)44-47-41(33-17-9-3-10-18-33)30-42(48-44)34-19-11-4-12-20-34/h1-30H. The molecule has 0 aliphatic rings. The van der Waals surface area contributed by atoms with Crippen molar-refractivity contribution in [1.29, 1.82) is 0 Å². The molecule has 2 heterocycles. The van der Waals surface area contributed by atoms with Gasteiger partial charge in [-0.05, 0) is 36.4 Å². The molecule has 4 nitrogen and oxygen atoms in total. The lowest BCUT2D eigenvalue weighted by atomic mass is 10.1. The highest BCUT2D eigenvalue weighted by atomic mass is 32.2. The Labute approximate surface area is 290 Å². The lowest BCUT2D eigenvalue weighted by Gasteiger charge is -2.10. The Morgan fingerprint density at radius 2 is 0.531 bits per heavy atom. The SMILES string of the molecule is c1ccc(-c2cc(-c3ccccc3)nc(-c3ccc(Sc4ccc(-c5nc(-c6ccccc6)cc(-c6ccccc6)n5)cc4)cc3)n2)cc1. The molecule has 0 bridgehead atoms. The largest absolute Gasteiger partial charge is 0.228 e. The summed E-state index contributed by atoms with van der Waals surface area (Å²) in [6, 6.07) is 62.1. The van der Waals surface area contributed by atoms with E-state index >= 15 is 0 Å². The van der Waals surface area contributed by atoms with Gasteiger partial charge >= 0.3 is 0 Å². The summed E-state index contributed by atoms with van der Waals surface area (Å²) in [7, 11) is 0. The second kappa shape index (κ2) is 13.9. The van der Waals surface area contributed by atoms with E-state index in [1.54, 1.807) is 11.8 Å². The Hall–Kier alpha value is -6.17. The van der Waals surface area contributed by atoms with Crippen LogP contribution in [0.5, 0.6) is 0 Å². The predicted octanol–water partition coefficient (Wildman–Crippen LogP) is 11.4. The highest BCUT2D eigenvalue weighted by molar-refractivity contribution is 7.99. The first-order valence-electron chi connectivity index (χ1n) is 16.1. The maximum absolute atomic E-state index is 4.97. The average Bonchev–Trinajstić information content (AvgIpc) is 3.19. The smallest absolute Gasteiger partial charge is 0.160 e. The van der Waals surface area contributed by atoms with Gasteiger partial charge in [0, 0.05) is 43.2 Å². The molecule has 0 saturated carbocycles. The van der Waals surface area contributed by atoms with E-state index in [9.17, 15) is 0 Å². The Balaban J connectivity index is 1.06. The van der Waals surface area contributed by atoms with Crippen molar-refractivity contribution >= 4 is 11.8 Å². The van der Waals surface area contributed by atoms with Gasteiger partial charge in [0.05, 0.1) is 22.8 Å². The summed E-state index contributed by atoms with van der Waals surface area (Å²) >= 11 is 1.71. The lowest BCUT2D eigenvalue weighted by molar-refractivity contribution is 1.18. The maximum Gasteiger partial charge on any atom is 0.160 e. The molecule has 0 amide bonds. The molecule has 0 aliphatic carbocycles. The number of hydrogen-bond acceptors (Lipinski definition) is 5. The van der Waals surface area contributed by atoms with Crippen molar-refractivity contribution in [3.05, 3.63) is 182 Å². The molecule has 6 aromatic carbocycles. The van der Waals surface area contributed by atoms with E-state index in [4.69, 9.17) is 19.9 Å². The van der Waals surface area contributed by atoms with Crippen LogP contribution in [0.15, 0.2) is 192 Å². The van der Waals surface area contributed by atoms with Crippen molar-refractivity contribution in [3.63, 3.8) is 0 Å². The lowest BCUT2D eigenvalue weighted by Crippen LogP contribution is -1.96. The second-order valence-corrected chi connectivity index (χ2v) is 12.7. The predicted molar refractivity (Wildman–Crippen MR) is 201 cm³/mol. The van der Waals surface area contributed by atoms with Crippen molar-refractivity contribution < 1.29 is 0 Å². The van der Waals surface area contributed by atoms with E-state index in [0.29, 0.717) is 11.6 Å². The minimum absolute atomic E-state index is 0.703. The first-order valence-corrected chi connectivity index (χ1v) is 17.0. The zero-order valence-corrected chi connectivity index (χ0v) is 27.3. The molecular weight excluding hydrogens is 617 g/mol. The third kappa shape index (κ3) is 6.93. The molecule has 2 aromatic heterocycles. The topological polar surface area (TPSA) is 51.6 Å². The molecule has 8 aromatic rings. The van der Waals surface area contributed by atoms with Crippen LogP contribution in [0, 0.1) is 0 Å². The number of nitrogens with zero attached hydrogens (tertiary/aromatic N) is 4. The van der Waals surface area contributed by atoms with Gasteiger partial charge in [0.15, 0.2) is 11.6 Å². The van der Waals surface area contributed by atoms with Gasteiger partial charge in [-0.25, -0.2) is 19.9 Å². The maximum atomic E-state index is 4.97. The molecule has 0 unspecified atom stereocenters. The number of aromatic nitrogens is 4. The Bertz CT molecular complexity index is 2030. The van der Waals surface area contributed by atoms with Crippen LogP contribution >= 0.6 is 11.8 Å². The summed E-state index contributed by atoms with van der Waals surface area (Å²) in [6.45, 7) is 0. The van der Waals surface area contributed by atoms with Crippen molar-refractivity contribution in [2.75, 3.05) is 0 Å². The molecule has 49 heavy (non-hydrogen) atoms. The first-order chi connectivity index (χ1) is 24.2. The molecule has 0 N–H and O–H groups in total. The van der Waals surface area contributed by atoms with E-state index < -0.39 is 0 Å². The van der Waals surface area contributed by atoms with Gasteiger partial charge in [-0.3, -0.25) is 0 Å². The monoisotopic (exact) mass is 646 g/mol. The molecule has 0 fully saturated rings. The van der Waals surface area contributed by atoms with Gasteiger partial charge in [-0.2, -0.15) is 0 Å². The van der Waals surface area contributed by atoms with Crippen molar-refractivity contribution in [1.82, 2.24) is 19.9 Å². The summed E-state index contributed by atoms with van der Waals surface area (Å²) in [5.74, 6) is 1.41. The molecule has 5 heteroatoms. The number of rotatable bonds is 8. The molecule has 232 valence electrons. The minimum Gasteiger partial charge on any atom is -0.228 e.